The Morgan fingerprint density at radius 3 is 2.16 bits per heavy atom. The summed E-state index contributed by atoms with van der Waals surface area (Å²) in [7, 11) is 0. The predicted molar refractivity (Wildman–Crippen MR) is 102 cm³/mol. The molecule has 0 bridgehead atoms. The van der Waals surface area contributed by atoms with E-state index in [4.69, 9.17) is 34.8 Å². The molecule has 4 nitrogen and oxygen atoms in total. The number of rotatable bonds is 5. The fraction of sp³-hybridized carbons (Fsp3) is 0.222. The van der Waals surface area contributed by atoms with Crippen LogP contribution in [-0.4, -0.2) is 11.8 Å². The van der Waals surface area contributed by atoms with Crippen LogP contribution in [0.5, 0.6) is 0 Å². The normalized spacial score (nSPS) is 11.1. The third kappa shape index (κ3) is 5.11. The average Bonchev–Trinajstić information content (AvgIpc) is 2.52. The number of nitrogens with one attached hydrogen (secondary N) is 2. The quantitative estimate of drug-likeness (QED) is 0.701. The topological polar surface area (TPSA) is 58.2 Å². The van der Waals surface area contributed by atoms with E-state index in [1.165, 1.54) is 13.8 Å². The van der Waals surface area contributed by atoms with Gasteiger partial charge in [-0.2, -0.15) is 0 Å². The number of halogens is 3. The van der Waals surface area contributed by atoms with Crippen LogP contribution < -0.4 is 10.6 Å². The molecule has 0 spiro atoms. The lowest BCUT2D eigenvalue weighted by Crippen LogP contribution is -2.44. The molecular formula is C18H17Cl3N2O2. The van der Waals surface area contributed by atoms with Gasteiger partial charge in [0.05, 0.1) is 0 Å². The fourth-order valence-corrected chi connectivity index (χ4v) is 2.78. The van der Waals surface area contributed by atoms with Gasteiger partial charge in [0.15, 0.2) is 0 Å². The van der Waals surface area contributed by atoms with Gasteiger partial charge in [-0.25, -0.2) is 0 Å². The summed E-state index contributed by atoms with van der Waals surface area (Å²) in [6.45, 7) is 3.31. The molecule has 0 saturated carbocycles. The zero-order valence-corrected chi connectivity index (χ0v) is 16.0. The Morgan fingerprint density at radius 2 is 1.56 bits per heavy atom. The van der Waals surface area contributed by atoms with Crippen LogP contribution in [0.25, 0.3) is 0 Å². The molecule has 2 amide bonds. The minimum atomic E-state index is -1.30. The molecule has 2 aromatic carbocycles. The number of benzene rings is 2. The summed E-state index contributed by atoms with van der Waals surface area (Å²) in [5.74, 6) is -0.888. The van der Waals surface area contributed by atoms with Crippen molar-refractivity contribution in [2.75, 3.05) is 5.32 Å². The Balaban J connectivity index is 2.04. The molecule has 0 aliphatic carbocycles. The van der Waals surface area contributed by atoms with Crippen LogP contribution in [0, 0.1) is 5.41 Å². The van der Waals surface area contributed by atoms with Crippen molar-refractivity contribution < 1.29 is 9.59 Å². The van der Waals surface area contributed by atoms with Crippen LogP contribution in [0.1, 0.15) is 19.4 Å². The number of hydrogen-bond donors (Lipinski definition) is 2. The highest BCUT2D eigenvalue weighted by Gasteiger charge is 2.36. The third-order valence-electron chi connectivity index (χ3n) is 3.65. The second-order valence-corrected chi connectivity index (χ2v) is 7.29. The van der Waals surface area contributed by atoms with E-state index in [1.807, 2.05) is 12.1 Å². The van der Waals surface area contributed by atoms with Crippen molar-refractivity contribution in [3.8, 4) is 0 Å². The number of anilines is 1. The standard InChI is InChI=1S/C18H17Cl3N2O2/c1-18(2,16(24)22-10-11-5-3-4-6-15(11)21)17(25)23-14-8-12(19)7-13(20)9-14/h3-9H,10H2,1-2H3,(H,22,24)(H,23,25). The van der Waals surface area contributed by atoms with Crippen LogP contribution in [0.3, 0.4) is 0 Å². The summed E-state index contributed by atoms with van der Waals surface area (Å²) in [5, 5.41) is 6.73. The zero-order valence-electron chi connectivity index (χ0n) is 13.7. The van der Waals surface area contributed by atoms with Crippen LogP contribution >= 0.6 is 34.8 Å². The molecule has 0 unspecified atom stereocenters. The van der Waals surface area contributed by atoms with Gasteiger partial charge in [0.1, 0.15) is 5.41 Å². The summed E-state index contributed by atoms with van der Waals surface area (Å²) in [5.41, 5.74) is -0.0967. The molecule has 0 radical (unpaired) electrons. The second-order valence-electron chi connectivity index (χ2n) is 6.01. The Hall–Kier alpha value is -1.75. The predicted octanol–water partition coefficient (Wildman–Crippen LogP) is 4.93. The van der Waals surface area contributed by atoms with Crippen molar-refractivity contribution in [3.05, 3.63) is 63.1 Å². The molecule has 25 heavy (non-hydrogen) atoms. The lowest BCUT2D eigenvalue weighted by molar-refractivity contribution is -0.138. The molecule has 2 N–H and O–H groups in total. The molecule has 0 aliphatic heterocycles. The van der Waals surface area contributed by atoms with Crippen molar-refractivity contribution in [2.45, 2.75) is 20.4 Å². The molecule has 0 aromatic heterocycles. The smallest absolute Gasteiger partial charge is 0.239 e. The van der Waals surface area contributed by atoms with Crippen LogP contribution in [-0.2, 0) is 16.1 Å². The van der Waals surface area contributed by atoms with Gasteiger partial charge in [-0.05, 0) is 43.7 Å². The van der Waals surface area contributed by atoms with Gasteiger partial charge in [-0.15, -0.1) is 0 Å². The summed E-state index contributed by atoms with van der Waals surface area (Å²) < 4.78 is 0. The first-order valence-electron chi connectivity index (χ1n) is 7.49. The van der Waals surface area contributed by atoms with E-state index in [0.29, 0.717) is 20.8 Å². The van der Waals surface area contributed by atoms with E-state index in [0.717, 1.165) is 5.56 Å². The molecule has 132 valence electrons. The lowest BCUT2D eigenvalue weighted by atomic mass is 9.90. The van der Waals surface area contributed by atoms with Gasteiger partial charge in [0.25, 0.3) is 0 Å². The van der Waals surface area contributed by atoms with Gasteiger partial charge in [-0.1, -0.05) is 53.0 Å². The third-order valence-corrected chi connectivity index (χ3v) is 4.46. The summed E-state index contributed by atoms with van der Waals surface area (Å²) in [6, 6.07) is 11.9. The number of carbonyl (C=O) groups is 2. The van der Waals surface area contributed by atoms with Crippen LogP contribution in [0.2, 0.25) is 15.1 Å². The van der Waals surface area contributed by atoms with Crippen molar-refractivity contribution in [2.24, 2.45) is 5.41 Å². The van der Waals surface area contributed by atoms with Crippen molar-refractivity contribution in [1.29, 1.82) is 0 Å². The molecule has 0 atom stereocenters. The summed E-state index contributed by atoms with van der Waals surface area (Å²) in [4.78, 5) is 24.9. The molecule has 0 saturated heterocycles. The number of amides is 2. The maximum Gasteiger partial charge on any atom is 0.239 e. The van der Waals surface area contributed by atoms with E-state index >= 15 is 0 Å². The molecule has 2 aromatic rings. The van der Waals surface area contributed by atoms with Crippen molar-refractivity contribution in [1.82, 2.24) is 5.32 Å². The van der Waals surface area contributed by atoms with E-state index in [-0.39, 0.29) is 6.54 Å². The Bertz CT molecular complexity index is 786. The molecule has 0 aliphatic rings. The van der Waals surface area contributed by atoms with Crippen molar-refractivity contribution in [3.63, 3.8) is 0 Å². The first-order valence-corrected chi connectivity index (χ1v) is 8.63. The summed E-state index contributed by atoms with van der Waals surface area (Å²) in [6.07, 6.45) is 0. The molecule has 0 heterocycles. The average molecular weight is 400 g/mol. The number of hydrogen-bond acceptors (Lipinski definition) is 2. The lowest BCUT2D eigenvalue weighted by Gasteiger charge is -2.23. The molecule has 7 heteroatoms. The monoisotopic (exact) mass is 398 g/mol. The first-order chi connectivity index (χ1) is 11.7. The Morgan fingerprint density at radius 1 is 0.960 bits per heavy atom. The highest BCUT2D eigenvalue weighted by atomic mass is 35.5. The summed E-state index contributed by atoms with van der Waals surface area (Å²) >= 11 is 17.9. The van der Waals surface area contributed by atoms with E-state index in [1.54, 1.807) is 30.3 Å². The highest BCUT2D eigenvalue weighted by molar-refractivity contribution is 6.35. The minimum Gasteiger partial charge on any atom is -0.351 e. The Labute approximate surface area is 161 Å². The largest absolute Gasteiger partial charge is 0.351 e. The fourth-order valence-electron chi connectivity index (χ4n) is 2.05. The van der Waals surface area contributed by atoms with E-state index in [2.05, 4.69) is 10.6 Å². The SMILES string of the molecule is CC(C)(C(=O)NCc1ccccc1Cl)C(=O)Nc1cc(Cl)cc(Cl)c1. The van der Waals surface area contributed by atoms with Gasteiger partial charge >= 0.3 is 0 Å². The van der Waals surface area contributed by atoms with Crippen LogP contribution in [0.4, 0.5) is 5.69 Å². The van der Waals surface area contributed by atoms with E-state index < -0.39 is 17.2 Å². The maximum absolute atomic E-state index is 12.5. The second kappa shape index (κ2) is 8.09. The minimum absolute atomic E-state index is 0.234. The molecule has 2 rings (SSSR count). The maximum atomic E-state index is 12.5. The highest BCUT2D eigenvalue weighted by Crippen LogP contribution is 2.25. The van der Waals surface area contributed by atoms with Gasteiger partial charge in [0, 0.05) is 27.3 Å². The van der Waals surface area contributed by atoms with E-state index in [9.17, 15) is 9.59 Å². The van der Waals surface area contributed by atoms with Crippen molar-refractivity contribution >= 4 is 52.3 Å². The first kappa shape index (κ1) is 19.6. The molecule has 0 fully saturated rings. The zero-order chi connectivity index (χ0) is 18.6. The van der Waals surface area contributed by atoms with Crippen LogP contribution in [0.15, 0.2) is 42.5 Å². The van der Waals surface area contributed by atoms with Gasteiger partial charge in [0.2, 0.25) is 11.8 Å². The molecular weight excluding hydrogens is 383 g/mol. The van der Waals surface area contributed by atoms with Gasteiger partial charge in [-0.3, -0.25) is 9.59 Å². The number of carbonyl (C=O) groups excluding carboxylic acids is 2. The Kier molecular flexibility index (Phi) is 6.33. The van der Waals surface area contributed by atoms with Gasteiger partial charge < -0.3 is 10.6 Å².